The first-order valence-electron chi connectivity index (χ1n) is 6.70. The monoisotopic (exact) mass is 206 g/mol. The van der Waals surface area contributed by atoms with Gasteiger partial charge in [-0.1, -0.05) is 38.7 Å². The van der Waals surface area contributed by atoms with Crippen molar-refractivity contribution in [2.45, 2.75) is 69.5 Å². The third kappa shape index (κ3) is 1.56. The summed E-state index contributed by atoms with van der Waals surface area (Å²) in [5, 5.41) is 0. The van der Waals surface area contributed by atoms with Gasteiger partial charge in [0, 0.05) is 0 Å². The van der Waals surface area contributed by atoms with E-state index in [1.165, 1.54) is 63.4 Å². The van der Waals surface area contributed by atoms with Crippen LogP contribution in [0.15, 0.2) is 12.2 Å². The molecule has 84 valence electrons. The highest BCUT2D eigenvalue weighted by atomic mass is 16.6. The summed E-state index contributed by atoms with van der Waals surface area (Å²) < 4.78 is 5.98. The molecule has 2 saturated carbocycles. The van der Waals surface area contributed by atoms with Gasteiger partial charge in [0.25, 0.3) is 0 Å². The van der Waals surface area contributed by atoms with E-state index in [1.54, 1.807) is 0 Å². The molecule has 2 unspecified atom stereocenters. The molecule has 1 heterocycles. The topological polar surface area (TPSA) is 12.5 Å². The van der Waals surface area contributed by atoms with Gasteiger partial charge in [0.1, 0.15) is 5.60 Å². The second kappa shape index (κ2) is 3.62. The molecule has 15 heavy (non-hydrogen) atoms. The lowest BCUT2D eigenvalue weighted by Gasteiger charge is -2.29. The number of hydrogen-bond donors (Lipinski definition) is 0. The Bertz CT molecular complexity index is 265. The van der Waals surface area contributed by atoms with Gasteiger partial charge in [-0.3, -0.25) is 0 Å². The molecule has 1 aliphatic heterocycles. The molecule has 3 aliphatic rings. The Balaban J connectivity index is 1.68. The van der Waals surface area contributed by atoms with Crippen LogP contribution in [0.25, 0.3) is 0 Å². The van der Waals surface area contributed by atoms with Gasteiger partial charge in [0.15, 0.2) is 0 Å². The normalized spacial score (nSPS) is 40.9. The van der Waals surface area contributed by atoms with Crippen LogP contribution < -0.4 is 0 Å². The minimum absolute atomic E-state index is 0.167. The predicted octanol–water partition coefficient (Wildman–Crippen LogP) is 3.83. The van der Waals surface area contributed by atoms with Gasteiger partial charge >= 0.3 is 0 Å². The maximum Gasteiger partial charge on any atom is 0.116 e. The van der Waals surface area contributed by atoms with Crippen molar-refractivity contribution < 1.29 is 4.74 Å². The zero-order chi connectivity index (χ0) is 10.3. The standard InChI is InChI=1S/C14H22O/c1-11(12-7-3-2-4-8-12)14-10-6-5-9-13(14)15-14/h12-13H,1-10H2. The maximum absolute atomic E-state index is 5.98. The van der Waals surface area contributed by atoms with Crippen molar-refractivity contribution in [2.24, 2.45) is 5.92 Å². The predicted molar refractivity (Wildman–Crippen MR) is 61.8 cm³/mol. The van der Waals surface area contributed by atoms with Crippen molar-refractivity contribution in [3.63, 3.8) is 0 Å². The average Bonchev–Trinajstić information content (AvgIpc) is 3.05. The minimum Gasteiger partial charge on any atom is -0.361 e. The molecule has 3 fully saturated rings. The van der Waals surface area contributed by atoms with E-state index in [2.05, 4.69) is 6.58 Å². The van der Waals surface area contributed by atoms with Crippen molar-refractivity contribution >= 4 is 0 Å². The molecular weight excluding hydrogens is 184 g/mol. The van der Waals surface area contributed by atoms with Gasteiger partial charge in [-0.2, -0.15) is 0 Å². The number of fused-ring (bicyclic) bond motifs is 1. The number of rotatable bonds is 2. The number of ether oxygens (including phenoxy) is 1. The molecule has 0 N–H and O–H groups in total. The number of epoxide rings is 1. The van der Waals surface area contributed by atoms with Crippen LogP contribution in [0.3, 0.4) is 0 Å². The quantitative estimate of drug-likeness (QED) is 0.494. The molecule has 0 spiro atoms. The van der Waals surface area contributed by atoms with Crippen molar-refractivity contribution in [3.05, 3.63) is 12.2 Å². The summed E-state index contributed by atoms with van der Waals surface area (Å²) in [7, 11) is 0. The fourth-order valence-electron chi connectivity index (χ4n) is 3.69. The molecule has 2 aliphatic carbocycles. The van der Waals surface area contributed by atoms with E-state index in [-0.39, 0.29) is 5.60 Å². The maximum atomic E-state index is 5.98. The van der Waals surface area contributed by atoms with Gasteiger partial charge in [0.05, 0.1) is 6.10 Å². The average molecular weight is 206 g/mol. The molecule has 0 aromatic carbocycles. The third-order valence-electron chi connectivity index (χ3n) is 4.72. The van der Waals surface area contributed by atoms with Crippen molar-refractivity contribution in [2.75, 3.05) is 0 Å². The second-order valence-corrected chi connectivity index (χ2v) is 5.60. The van der Waals surface area contributed by atoms with E-state index in [9.17, 15) is 0 Å². The lowest BCUT2D eigenvalue weighted by Crippen LogP contribution is -2.27. The fourth-order valence-corrected chi connectivity index (χ4v) is 3.69. The number of hydrogen-bond acceptors (Lipinski definition) is 1. The van der Waals surface area contributed by atoms with Gasteiger partial charge in [-0.25, -0.2) is 0 Å². The van der Waals surface area contributed by atoms with Crippen molar-refractivity contribution in [1.82, 2.24) is 0 Å². The molecule has 0 amide bonds. The Kier molecular flexibility index (Phi) is 2.39. The highest BCUT2D eigenvalue weighted by Gasteiger charge is 2.59. The molecule has 1 saturated heterocycles. The van der Waals surface area contributed by atoms with Gasteiger partial charge in [-0.05, 0) is 37.2 Å². The summed E-state index contributed by atoms with van der Waals surface area (Å²) in [6.45, 7) is 4.39. The molecule has 0 aromatic heterocycles. The zero-order valence-corrected chi connectivity index (χ0v) is 9.63. The van der Waals surface area contributed by atoms with E-state index in [1.807, 2.05) is 0 Å². The zero-order valence-electron chi connectivity index (χ0n) is 9.63. The SMILES string of the molecule is C=C(C1CCCCC1)C12CCCCC1O2. The van der Waals surface area contributed by atoms with E-state index < -0.39 is 0 Å². The van der Waals surface area contributed by atoms with Crippen LogP contribution in [0, 0.1) is 5.92 Å². The first-order chi connectivity index (χ1) is 7.33. The van der Waals surface area contributed by atoms with Crippen LogP contribution in [-0.4, -0.2) is 11.7 Å². The Morgan fingerprint density at radius 1 is 1.00 bits per heavy atom. The van der Waals surface area contributed by atoms with Crippen molar-refractivity contribution in [3.8, 4) is 0 Å². The summed E-state index contributed by atoms with van der Waals surface area (Å²) >= 11 is 0. The van der Waals surface area contributed by atoms with E-state index >= 15 is 0 Å². The molecule has 1 nitrogen and oxygen atoms in total. The molecule has 2 atom stereocenters. The van der Waals surface area contributed by atoms with Gasteiger partial charge in [0.2, 0.25) is 0 Å². The highest BCUT2D eigenvalue weighted by Crippen LogP contribution is 2.55. The molecule has 0 radical (unpaired) electrons. The van der Waals surface area contributed by atoms with Crippen LogP contribution in [0.1, 0.15) is 57.8 Å². The van der Waals surface area contributed by atoms with Crippen LogP contribution in [0.4, 0.5) is 0 Å². The Morgan fingerprint density at radius 2 is 1.73 bits per heavy atom. The summed E-state index contributed by atoms with van der Waals surface area (Å²) in [6, 6.07) is 0. The van der Waals surface area contributed by atoms with E-state index in [4.69, 9.17) is 4.74 Å². The lowest BCUT2D eigenvalue weighted by molar-refractivity contribution is 0.281. The van der Waals surface area contributed by atoms with Gasteiger partial charge < -0.3 is 4.74 Å². The van der Waals surface area contributed by atoms with Crippen LogP contribution in [-0.2, 0) is 4.74 Å². The Morgan fingerprint density at radius 3 is 2.47 bits per heavy atom. The highest BCUT2D eigenvalue weighted by molar-refractivity contribution is 5.28. The van der Waals surface area contributed by atoms with E-state index in [0.29, 0.717) is 6.10 Å². The van der Waals surface area contributed by atoms with E-state index in [0.717, 1.165) is 5.92 Å². The molecule has 0 bridgehead atoms. The first kappa shape index (κ1) is 9.89. The summed E-state index contributed by atoms with van der Waals surface area (Å²) in [5.41, 5.74) is 1.63. The van der Waals surface area contributed by atoms with Crippen LogP contribution >= 0.6 is 0 Å². The smallest absolute Gasteiger partial charge is 0.116 e. The largest absolute Gasteiger partial charge is 0.361 e. The first-order valence-corrected chi connectivity index (χ1v) is 6.70. The molecular formula is C14H22O. The fraction of sp³-hybridized carbons (Fsp3) is 0.857. The second-order valence-electron chi connectivity index (χ2n) is 5.60. The van der Waals surface area contributed by atoms with Gasteiger partial charge in [-0.15, -0.1) is 0 Å². The van der Waals surface area contributed by atoms with Crippen LogP contribution in [0.5, 0.6) is 0 Å². The lowest BCUT2D eigenvalue weighted by atomic mass is 9.74. The Hall–Kier alpha value is -0.300. The summed E-state index contributed by atoms with van der Waals surface area (Å²) in [6.07, 6.45) is 12.8. The molecule has 1 heteroatoms. The minimum atomic E-state index is 0.167. The van der Waals surface area contributed by atoms with Crippen molar-refractivity contribution in [1.29, 1.82) is 0 Å². The summed E-state index contributed by atoms with van der Waals surface area (Å²) in [5.74, 6) is 0.779. The third-order valence-corrected chi connectivity index (χ3v) is 4.72. The van der Waals surface area contributed by atoms with Crippen LogP contribution in [0.2, 0.25) is 0 Å². The Labute approximate surface area is 92.9 Å². The molecule has 0 aromatic rings. The molecule has 3 rings (SSSR count). The summed E-state index contributed by atoms with van der Waals surface area (Å²) in [4.78, 5) is 0.